The summed E-state index contributed by atoms with van der Waals surface area (Å²) in [6.45, 7) is 5.82. The second-order valence-electron chi connectivity index (χ2n) is 6.90. The summed E-state index contributed by atoms with van der Waals surface area (Å²) < 4.78 is 0.914. The molecule has 28 heavy (non-hydrogen) atoms. The number of nitrogens with one attached hydrogen (secondary N) is 1. The van der Waals surface area contributed by atoms with Crippen molar-refractivity contribution >= 4 is 50.9 Å². The zero-order valence-corrected chi connectivity index (χ0v) is 19.1. The molecule has 1 atom stereocenters. The first-order chi connectivity index (χ1) is 13.2. The van der Waals surface area contributed by atoms with Crippen LogP contribution in [0.15, 0.2) is 46.9 Å². The van der Waals surface area contributed by atoms with E-state index in [-0.39, 0.29) is 24.3 Å². The molecule has 0 heterocycles. The Morgan fingerprint density at radius 1 is 1.11 bits per heavy atom. The highest BCUT2D eigenvalue weighted by molar-refractivity contribution is 9.10. The number of rotatable bonds is 7. The summed E-state index contributed by atoms with van der Waals surface area (Å²) in [5.41, 5.74) is 1.60. The van der Waals surface area contributed by atoms with E-state index in [9.17, 15) is 9.59 Å². The summed E-state index contributed by atoms with van der Waals surface area (Å²) in [7, 11) is 0. The Morgan fingerprint density at radius 3 is 2.43 bits per heavy atom. The molecule has 2 amide bonds. The summed E-state index contributed by atoms with van der Waals surface area (Å²) in [4.78, 5) is 27.2. The van der Waals surface area contributed by atoms with E-state index in [1.54, 1.807) is 30.0 Å². The maximum Gasteiger partial charge on any atom is 0.242 e. The van der Waals surface area contributed by atoms with Gasteiger partial charge in [0.15, 0.2) is 0 Å². The van der Waals surface area contributed by atoms with Crippen LogP contribution in [0.3, 0.4) is 0 Å². The van der Waals surface area contributed by atoms with E-state index in [0.717, 1.165) is 10.0 Å². The average molecular weight is 486 g/mol. The third kappa shape index (κ3) is 6.50. The summed E-state index contributed by atoms with van der Waals surface area (Å²) in [6.07, 6.45) is 0.0866. The minimum absolute atomic E-state index is 0.0107. The van der Waals surface area contributed by atoms with Gasteiger partial charge >= 0.3 is 0 Å². The van der Waals surface area contributed by atoms with Gasteiger partial charge in [0.2, 0.25) is 11.8 Å². The molecule has 7 heteroatoms. The van der Waals surface area contributed by atoms with Crippen molar-refractivity contribution in [3.63, 3.8) is 0 Å². The highest BCUT2D eigenvalue weighted by Gasteiger charge is 2.27. The fourth-order valence-electron chi connectivity index (χ4n) is 2.75. The van der Waals surface area contributed by atoms with Crippen LogP contribution in [0.25, 0.3) is 0 Å². The first-order valence-electron chi connectivity index (χ1n) is 8.95. The molecular weight excluding hydrogens is 463 g/mol. The predicted octanol–water partition coefficient (Wildman–Crippen LogP) is 5.24. The Labute approximate surface area is 184 Å². The molecule has 0 saturated heterocycles. The summed E-state index contributed by atoms with van der Waals surface area (Å²) in [5.74, 6) is -0.379. The molecule has 2 aromatic rings. The zero-order chi connectivity index (χ0) is 20.8. The molecule has 0 unspecified atom stereocenters. The van der Waals surface area contributed by atoms with Crippen LogP contribution in [-0.2, 0) is 22.6 Å². The second kappa shape index (κ2) is 10.3. The van der Waals surface area contributed by atoms with Crippen LogP contribution in [0.1, 0.15) is 31.9 Å². The summed E-state index contributed by atoms with van der Waals surface area (Å²) in [6, 6.07) is 12.1. The van der Waals surface area contributed by atoms with Gasteiger partial charge in [0, 0.05) is 27.1 Å². The highest BCUT2D eigenvalue weighted by atomic mass is 79.9. The van der Waals surface area contributed by atoms with Gasteiger partial charge in [-0.1, -0.05) is 57.3 Å². The number of halogens is 3. The number of carbonyl (C=O) groups excluding carboxylic acids is 2. The van der Waals surface area contributed by atoms with Crippen LogP contribution in [0.2, 0.25) is 10.0 Å². The van der Waals surface area contributed by atoms with Gasteiger partial charge in [-0.2, -0.15) is 0 Å². The molecule has 0 fully saturated rings. The van der Waals surface area contributed by atoms with E-state index < -0.39 is 6.04 Å². The van der Waals surface area contributed by atoms with Crippen molar-refractivity contribution in [2.75, 3.05) is 0 Å². The topological polar surface area (TPSA) is 49.4 Å². The molecule has 0 bridgehead atoms. The Bertz CT molecular complexity index is 858. The van der Waals surface area contributed by atoms with Gasteiger partial charge in [-0.3, -0.25) is 9.59 Å². The Morgan fingerprint density at radius 2 is 1.82 bits per heavy atom. The molecule has 2 rings (SSSR count). The first-order valence-corrected chi connectivity index (χ1v) is 10.5. The van der Waals surface area contributed by atoms with Crippen LogP contribution in [-0.4, -0.2) is 28.8 Å². The Hall–Kier alpha value is -1.56. The van der Waals surface area contributed by atoms with Gasteiger partial charge in [0.1, 0.15) is 6.04 Å². The Balaban J connectivity index is 2.27. The molecule has 150 valence electrons. The van der Waals surface area contributed by atoms with E-state index in [0.29, 0.717) is 22.2 Å². The van der Waals surface area contributed by atoms with Crippen molar-refractivity contribution in [1.82, 2.24) is 10.2 Å². The monoisotopic (exact) mass is 484 g/mol. The molecule has 0 aliphatic heterocycles. The standard InChI is InChI=1S/C21H23BrCl2N2O2/c1-13(2)25-21(28)14(3)26(12-15-5-4-6-17(22)9-15)20(27)10-16-7-8-18(23)11-19(16)24/h4-9,11,13-14H,10,12H2,1-3H3,(H,25,28)/t14-/m0/s1. The lowest BCUT2D eigenvalue weighted by molar-refractivity contribution is -0.140. The first kappa shape index (κ1) is 22.7. The quantitative estimate of drug-likeness (QED) is 0.582. The van der Waals surface area contributed by atoms with Gasteiger partial charge in [0.25, 0.3) is 0 Å². The molecule has 0 aromatic heterocycles. The lowest BCUT2D eigenvalue weighted by Gasteiger charge is -2.29. The molecule has 0 saturated carbocycles. The molecule has 0 radical (unpaired) electrons. The van der Waals surface area contributed by atoms with Crippen molar-refractivity contribution in [3.05, 3.63) is 68.1 Å². The van der Waals surface area contributed by atoms with Gasteiger partial charge in [-0.05, 0) is 56.2 Å². The molecule has 0 spiro atoms. The number of amides is 2. The molecule has 4 nitrogen and oxygen atoms in total. The molecular formula is C21H23BrCl2N2O2. The van der Waals surface area contributed by atoms with Crippen LogP contribution in [0.5, 0.6) is 0 Å². The van der Waals surface area contributed by atoms with Crippen LogP contribution >= 0.6 is 39.1 Å². The third-order valence-electron chi connectivity index (χ3n) is 4.20. The predicted molar refractivity (Wildman–Crippen MR) is 118 cm³/mol. The number of hydrogen-bond donors (Lipinski definition) is 1. The van der Waals surface area contributed by atoms with Crippen molar-refractivity contribution in [1.29, 1.82) is 0 Å². The fourth-order valence-corrected chi connectivity index (χ4v) is 3.67. The smallest absolute Gasteiger partial charge is 0.242 e. The number of carbonyl (C=O) groups is 2. The normalized spacial score (nSPS) is 12.0. The van der Waals surface area contributed by atoms with Gasteiger partial charge in [-0.15, -0.1) is 0 Å². The average Bonchev–Trinajstić information content (AvgIpc) is 2.61. The molecule has 0 aliphatic rings. The molecule has 0 aliphatic carbocycles. The summed E-state index contributed by atoms with van der Waals surface area (Å²) >= 11 is 15.6. The SMILES string of the molecule is CC(C)NC(=O)[C@H](C)N(Cc1cccc(Br)c1)C(=O)Cc1ccc(Cl)cc1Cl. The van der Waals surface area contributed by atoms with Crippen LogP contribution in [0.4, 0.5) is 0 Å². The van der Waals surface area contributed by atoms with E-state index in [4.69, 9.17) is 23.2 Å². The largest absolute Gasteiger partial charge is 0.352 e. The fraction of sp³-hybridized carbons (Fsp3) is 0.333. The Kier molecular flexibility index (Phi) is 8.35. The zero-order valence-electron chi connectivity index (χ0n) is 16.0. The highest BCUT2D eigenvalue weighted by Crippen LogP contribution is 2.23. The van der Waals surface area contributed by atoms with E-state index in [1.807, 2.05) is 38.1 Å². The van der Waals surface area contributed by atoms with E-state index in [1.165, 1.54) is 0 Å². The maximum atomic E-state index is 13.1. The maximum absolute atomic E-state index is 13.1. The van der Waals surface area contributed by atoms with E-state index >= 15 is 0 Å². The van der Waals surface area contributed by atoms with Crippen molar-refractivity contribution in [2.45, 2.75) is 45.8 Å². The third-order valence-corrected chi connectivity index (χ3v) is 5.28. The minimum atomic E-state index is -0.625. The van der Waals surface area contributed by atoms with Crippen molar-refractivity contribution in [2.24, 2.45) is 0 Å². The summed E-state index contributed by atoms with van der Waals surface area (Å²) in [5, 5.41) is 3.82. The lowest BCUT2D eigenvalue weighted by atomic mass is 10.1. The lowest BCUT2D eigenvalue weighted by Crippen LogP contribution is -2.49. The minimum Gasteiger partial charge on any atom is -0.352 e. The van der Waals surface area contributed by atoms with Gasteiger partial charge in [-0.25, -0.2) is 0 Å². The number of hydrogen-bond acceptors (Lipinski definition) is 2. The number of benzene rings is 2. The van der Waals surface area contributed by atoms with E-state index in [2.05, 4.69) is 21.2 Å². The van der Waals surface area contributed by atoms with Crippen molar-refractivity contribution < 1.29 is 9.59 Å². The van der Waals surface area contributed by atoms with Gasteiger partial charge < -0.3 is 10.2 Å². The molecule has 1 N–H and O–H groups in total. The van der Waals surface area contributed by atoms with Gasteiger partial charge in [0.05, 0.1) is 6.42 Å². The molecule has 2 aromatic carbocycles. The number of nitrogens with zero attached hydrogens (tertiary/aromatic N) is 1. The van der Waals surface area contributed by atoms with Crippen LogP contribution < -0.4 is 5.32 Å². The second-order valence-corrected chi connectivity index (χ2v) is 8.66. The van der Waals surface area contributed by atoms with Crippen LogP contribution in [0, 0.1) is 0 Å². The van der Waals surface area contributed by atoms with Crippen molar-refractivity contribution in [3.8, 4) is 0 Å².